The summed E-state index contributed by atoms with van der Waals surface area (Å²) in [5.41, 5.74) is 3.22. The summed E-state index contributed by atoms with van der Waals surface area (Å²) in [5.74, 6) is 1.65. The zero-order valence-electron chi connectivity index (χ0n) is 15.6. The molecular weight excluding hydrogens is 352 g/mol. The Balaban J connectivity index is 1.71. The van der Waals surface area contributed by atoms with Crippen molar-refractivity contribution in [3.8, 4) is 0 Å². The Hall–Kier alpha value is -2.05. The molecule has 0 fully saturated rings. The van der Waals surface area contributed by atoms with Crippen LogP contribution in [0.5, 0.6) is 0 Å². The van der Waals surface area contributed by atoms with Gasteiger partial charge in [-0.05, 0) is 24.1 Å². The molecule has 6 nitrogen and oxygen atoms in total. The zero-order chi connectivity index (χ0) is 18.8. The van der Waals surface area contributed by atoms with Crippen molar-refractivity contribution in [2.75, 3.05) is 20.2 Å². The van der Waals surface area contributed by atoms with Gasteiger partial charge in [-0.15, -0.1) is 0 Å². The smallest absolute Gasteiger partial charge is 0.191 e. The maximum absolute atomic E-state index is 5.87. The van der Waals surface area contributed by atoms with Gasteiger partial charge in [-0.2, -0.15) is 0 Å². The van der Waals surface area contributed by atoms with Crippen LogP contribution in [0.4, 0.5) is 0 Å². The minimum absolute atomic E-state index is 0.561. The van der Waals surface area contributed by atoms with Crippen LogP contribution in [0.1, 0.15) is 36.4 Å². The molecule has 0 atom stereocenters. The Labute approximate surface area is 160 Å². The van der Waals surface area contributed by atoms with E-state index in [0.29, 0.717) is 26.3 Å². The van der Waals surface area contributed by atoms with E-state index in [-0.39, 0.29) is 0 Å². The van der Waals surface area contributed by atoms with Crippen molar-refractivity contribution in [3.63, 3.8) is 0 Å². The van der Waals surface area contributed by atoms with Crippen molar-refractivity contribution < 1.29 is 9.26 Å². The molecule has 1 aromatic carbocycles. The van der Waals surface area contributed by atoms with Crippen LogP contribution < -0.4 is 10.6 Å². The first-order valence-corrected chi connectivity index (χ1v) is 9.28. The standard InChI is InChI=1S/C19H27ClN4O2/c1-4-17-16(18(5-2)26-24-17)12-23-19(21-3)22-10-11-25-13-14-6-8-15(20)9-7-14/h6-9H,4-5,10-13H2,1-3H3,(H2,21,22,23). The molecule has 1 heterocycles. The number of aliphatic imine (C=N–C) groups is 1. The van der Waals surface area contributed by atoms with Gasteiger partial charge in [-0.25, -0.2) is 0 Å². The lowest BCUT2D eigenvalue weighted by atomic mass is 10.1. The number of benzene rings is 1. The van der Waals surface area contributed by atoms with E-state index in [0.717, 1.165) is 46.4 Å². The lowest BCUT2D eigenvalue weighted by molar-refractivity contribution is 0.125. The summed E-state index contributed by atoms with van der Waals surface area (Å²) in [7, 11) is 1.75. The van der Waals surface area contributed by atoms with E-state index in [1.807, 2.05) is 24.3 Å². The van der Waals surface area contributed by atoms with Gasteiger partial charge in [0.2, 0.25) is 0 Å². The summed E-state index contributed by atoms with van der Waals surface area (Å²) < 4.78 is 11.1. The number of ether oxygens (including phenoxy) is 1. The fraction of sp³-hybridized carbons (Fsp3) is 0.474. The van der Waals surface area contributed by atoms with Gasteiger partial charge in [0.15, 0.2) is 5.96 Å². The molecule has 0 saturated carbocycles. The van der Waals surface area contributed by atoms with E-state index in [9.17, 15) is 0 Å². The number of guanidine groups is 1. The van der Waals surface area contributed by atoms with Gasteiger partial charge in [0.1, 0.15) is 5.76 Å². The summed E-state index contributed by atoms with van der Waals surface area (Å²) >= 11 is 5.87. The molecular formula is C19H27ClN4O2. The molecule has 1 aromatic heterocycles. The van der Waals surface area contributed by atoms with Gasteiger partial charge >= 0.3 is 0 Å². The SMILES string of the molecule is CCc1noc(CC)c1CNC(=NC)NCCOCc1ccc(Cl)cc1. The number of nitrogens with one attached hydrogen (secondary N) is 2. The lowest BCUT2D eigenvalue weighted by Gasteiger charge is -2.12. The highest BCUT2D eigenvalue weighted by Gasteiger charge is 2.13. The van der Waals surface area contributed by atoms with Crippen molar-refractivity contribution in [2.45, 2.75) is 39.8 Å². The molecule has 0 aliphatic heterocycles. The largest absolute Gasteiger partial charge is 0.375 e. The van der Waals surface area contributed by atoms with Crippen LogP contribution >= 0.6 is 11.6 Å². The number of halogens is 1. The van der Waals surface area contributed by atoms with Crippen molar-refractivity contribution >= 4 is 17.6 Å². The lowest BCUT2D eigenvalue weighted by Crippen LogP contribution is -2.38. The van der Waals surface area contributed by atoms with E-state index in [1.54, 1.807) is 7.05 Å². The molecule has 0 bridgehead atoms. The minimum atomic E-state index is 0.561. The second-order valence-corrected chi connectivity index (χ2v) is 6.21. The average molecular weight is 379 g/mol. The highest BCUT2D eigenvalue weighted by Crippen LogP contribution is 2.15. The van der Waals surface area contributed by atoms with Gasteiger partial charge < -0.3 is 19.9 Å². The Morgan fingerprint density at radius 2 is 1.96 bits per heavy atom. The molecule has 0 aliphatic rings. The van der Waals surface area contributed by atoms with Crippen molar-refractivity contribution in [1.29, 1.82) is 0 Å². The van der Waals surface area contributed by atoms with Gasteiger partial charge in [0, 0.05) is 37.1 Å². The van der Waals surface area contributed by atoms with E-state index >= 15 is 0 Å². The highest BCUT2D eigenvalue weighted by molar-refractivity contribution is 6.30. The number of rotatable bonds is 9. The van der Waals surface area contributed by atoms with Crippen molar-refractivity contribution in [2.24, 2.45) is 4.99 Å². The molecule has 2 aromatic rings. The summed E-state index contributed by atoms with van der Waals surface area (Å²) in [6, 6.07) is 7.66. The first-order valence-electron chi connectivity index (χ1n) is 8.90. The van der Waals surface area contributed by atoms with E-state index in [1.165, 1.54) is 0 Å². The van der Waals surface area contributed by atoms with Crippen LogP contribution in [0.2, 0.25) is 5.02 Å². The molecule has 0 unspecified atom stereocenters. The quantitative estimate of drug-likeness (QED) is 0.398. The molecule has 7 heteroatoms. The van der Waals surface area contributed by atoms with Crippen LogP contribution in [0.3, 0.4) is 0 Å². The predicted octanol–water partition coefficient (Wildman–Crippen LogP) is 3.33. The maximum atomic E-state index is 5.87. The first kappa shape index (κ1) is 20.3. The Kier molecular flexibility index (Phi) is 8.44. The van der Waals surface area contributed by atoms with Crippen LogP contribution in [0, 0.1) is 0 Å². The van der Waals surface area contributed by atoms with Crippen molar-refractivity contribution in [1.82, 2.24) is 15.8 Å². The normalized spacial score (nSPS) is 11.6. The van der Waals surface area contributed by atoms with Gasteiger partial charge in [-0.3, -0.25) is 4.99 Å². The summed E-state index contributed by atoms with van der Waals surface area (Å²) in [6.45, 7) is 6.59. The van der Waals surface area contributed by atoms with Crippen molar-refractivity contribution in [3.05, 3.63) is 51.9 Å². The zero-order valence-corrected chi connectivity index (χ0v) is 16.4. The third-order valence-corrected chi connectivity index (χ3v) is 4.24. The topological polar surface area (TPSA) is 71.7 Å². The van der Waals surface area contributed by atoms with Crippen LogP contribution in [0.25, 0.3) is 0 Å². The minimum Gasteiger partial charge on any atom is -0.375 e. The average Bonchev–Trinajstić information content (AvgIpc) is 3.07. The van der Waals surface area contributed by atoms with Gasteiger partial charge in [0.25, 0.3) is 0 Å². The van der Waals surface area contributed by atoms with E-state index < -0.39 is 0 Å². The van der Waals surface area contributed by atoms with E-state index in [4.69, 9.17) is 20.9 Å². The number of nitrogens with zero attached hydrogens (tertiary/aromatic N) is 2. The highest BCUT2D eigenvalue weighted by atomic mass is 35.5. The molecule has 2 rings (SSSR count). The Bertz CT molecular complexity index is 677. The number of hydrogen-bond acceptors (Lipinski definition) is 4. The molecule has 2 N–H and O–H groups in total. The van der Waals surface area contributed by atoms with Crippen LogP contribution in [0.15, 0.2) is 33.8 Å². The summed E-state index contributed by atoms with van der Waals surface area (Å²) in [5, 5.41) is 11.4. The molecule has 0 spiro atoms. The third-order valence-electron chi connectivity index (χ3n) is 3.98. The number of aromatic nitrogens is 1. The predicted molar refractivity (Wildman–Crippen MR) is 105 cm³/mol. The fourth-order valence-corrected chi connectivity index (χ4v) is 2.67. The third kappa shape index (κ3) is 6.04. The molecule has 26 heavy (non-hydrogen) atoms. The molecule has 0 radical (unpaired) electrons. The molecule has 0 amide bonds. The van der Waals surface area contributed by atoms with Gasteiger partial charge in [0.05, 0.1) is 18.9 Å². The Morgan fingerprint density at radius 3 is 2.62 bits per heavy atom. The van der Waals surface area contributed by atoms with Gasteiger partial charge in [-0.1, -0.05) is 42.7 Å². The summed E-state index contributed by atoms with van der Waals surface area (Å²) in [6.07, 6.45) is 1.68. The summed E-state index contributed by atoms with van der Waals surface area (Å²) in [4.78, 5) is 4.24. The molecule has 0 aliphatic carbocycles. The number of aryl methyl sites for hydroxylation is 2. The molecule has 0 saturated heterocycles. The van der Waals surface area contributed by atoms with Crippen LogP contribution in [-0.4, -0.2) is 31.3 Å². The Morgan fingerprint density at radius 1 is 1.19 bits per heavy atom. The molecule has 142 valence electrons. The number of hydrogen-bond donors (Lipinski definition) is 2. The first-order chi connectivity index (χ1) is 12.7. The maximum Gasteiger partial charge on any atom is 0.191 e. The second-order valence-electron chi connectivity index (χ2n) is 5.77. The van der Waals surface area contributed by atoms with E-state index in [2.05, 4.69) is 34.6 Å². The monoisotopic (exact) mass is 378 g/mol. The van der Waals surface area contributed by atoms with Crippen LogP contribution in [-0.2, 0) is 30.7 Å². The fourth-order valence-electron chi connectivity index (χ4n) is 2.54. The second kappa shape index (κ2) is 10.8.